The van der Waals surface area contributed by atoms with E-state index < -0.39 is 0 Å². The molecule has 2 heteroatoms. The van der Waals surface area contributed by atoms with E-state index in [1.807, 2.05) is 12.4 Å². The van der Waals surface area contributed by atoms with Gasteiger partial charge in [0.2, 0.25) is 0 Å². The summed E-state index contributed by atoms with van der Waals surface area (Å²) in [6.07, 6.45) is 8.48. The summed E-state index contributed by atoms with van der Waals surface area (Å²) in [7, 11) is 0. The zero-order chi connectivity index (χ0) is 13.2. The largest absolute Gasteiger partial charge is 0.367 e. The molecule has 0 unspecified atom stereocenters. The van der Waals surface area contributed by atoms with Crippen molar-refractivity contribution in [1.82, 2.24) is 9.97 Å². The third kappa shape index (κ3) is 2.69. The molecule has 0 aromatic carbocycles. The van der Waals surface area contributed by atoms with Crippen molar-refractivity contribution in [1.29, 1.82) is 0 Å². The average Bonchev–Trinajstić information content (AvgIpc) is 2.99. The van der Waals surface area contributed by atoms with Crippen LogP contribution in [0.5, 0.6) is 0 Å². The van der Waals surface area contributed by atoms with E-state index in [0.717, 1.165) is 0 Å². The Morgan fingerprint density at radius 2 is 1.67 bits per heavy atom. The molecule has 18 heavy (non-hydrogen) atoms. The van der Waals surface area contributed by atoms with Crippen LogP contribution in [0.25, 0.3) is 0 Å². The average molecular weight is 244 g/mol. The first kappa shape index (κ1) is 13.0. The zero-order valence-corrected chi connectivity index (χ0v) is 11.9. The van der Waals surface area contributed by atoms with Gasteiger partial charge in [-0.05, 0) is 42.0 Å². The Kier molecular flexibility index (Phi) is 3.38. The Hall–Kier alpha value is -1.44. The molecule has 0 atom stereocenters. The monoisotopic (exact) mass is 244 g/mol. The molecular formula is C16H24N2. The number of H-pyrrole nitrogens is 2. The van der Waals surface area contributed by atoms with E-state index in [2.05, 4.69) is 62.1 Å². The van der Waals surface area contributed by atoms with Gasteiger partial charge in [-0.15, -0.1) is 0 Å². The van der Waals surface area contributed by atoms with Gasteiger partial charge in [-0.25, -0.2) is 0 Å². The first-order valence-corrected chi connectivity index (χ1v) is 6.69. The maximum atomic E-state index is 3.34. The Morgan fingerprint density at radius 3 is 2.22 bits per heavy atom. The van der Waals surface area contributed by atoms with Gasteiger partial charge in [-0.3, -0.25) is 0 Å². The fourth-order valence-corrected chi connectivity index (χ4v) is 2.40. The zero-order valence-electron chi connectivity index (χ0n) is 11.9. The molecule has 2 aromatic rings. The summed E-state index contributed by atoms with van der Waals surface area (Å²) in [4.78, 5) is 6.50. The van der Waals surface area contributed by atoms with Gasteiger partial charge < -0.3 is 9.97 Å². The summed E-state index contributed by atoms with van der Waals surface area (Å²) in [6.45, 7) is 9.26. The summed E-state index contributed by atoms with van der Waals surface area (Å²) in [5, 5.41) is 0. The fourth-order valence-electron chi connectivity index (χ4n) is 2.40. The predicted molar refractivity (Wildman–Crippen MR) is 76.9 cm³/mol. The van der Waals surface area contributed by atoms with E-state index in [-0.39, 0.29) is 10.8 Å². The summed E-state index contributed by atoms with van der Waals surface area (Å²) >= 11 is 0. The van der Waals surface area contributed by atoms with Gasteiger partial charge in [0.25, 0.3) is 0 Å². The van der Waals surface area contributed by atoms with Crippen molar-refractivity contribution < 1.29 is 0 Å². The summed E-state index contributed by atoms with van der Waals surface area (Å²) in [5.41, 5.74) is 3.15. The smallest absolute Gasteiger partial charge is 0.0204 e. The molecule has 0 fully saturated rings. The maximum absolute atomic E-state index is 3.34. The number of hydrogen-bond acceptors (Lipinski definition) is 0. The van der Waals surface area contributed by atoms with E-state index in [1.54, 1.807) is 0 Å². The van der Waals surface area contributed by atoms with Crippen molar-refractivity contribution in [2.75, 3.05) is 0 Å². The first-order chi connectivity index (χ1) is 8.42. The molecule has 2 nitrogen and oxygen atoms in total. The van der Waals surface area contributed by atoms with Crippen LogP contribution in [0.2, 0.25) is 0 Å². The van der Waals surface area contributed by atoms with Crippen LogP contribution < -0.4 is 0 Å². The second-order valence-electron chi connectivity index (χ2n) is 6.45. The third-order valence-corrected chi connectivity index (χ3v) is 4.08. The Bertz CT molecular complexity index is 415. The van der Waals surface area contributed by atoms with Crippen molar-refractivity contribution in [3.8, 4) is 0 Å². The normalized spacial score (nSPS) is 12.9. The van der Waals surface area contributed by atoms with Gasteiger partial charge in [-0.1, -0.05) is 27.7 Å². The lowest BCUT2D eigenvalue weighted by Crippen LogP contribution is -2.24. The van der Waals surface area contributed by atoms with Crippen LogP contribution in [0.3, 0.4) is 0 Å². The molecule has 0 radical (unpaired) electrons. The molecule has 2 N–H and O–H groups in total. The molecule has 2 heterocycles. The van der Waals surface area contributed by atoms with Crippen LogP contribution in [0.1, 0.15) is 51.8 Å². The summed E-state index contributed by atoms with van der Waals surface area (Å²) in [5.74, 6) is 0. The second-order valence-corrected chi connectivity index (χ2v) is 6.45. The summed E-state index contributed by atoms with van der Waals surface area (Å²) in [6, 6.07) is 6.44. The molecule has 0 spiro atoms. The van der Waals surface area contributed by atoms with Crippen LogP contribution in [0, 0.1) is 0 Å². The lowest BCUT2D eigenvalue weighted by atomic mass is 9.75. The van der Waals surface area contributed by atoms with E-state index in [1.165, 1.54) is 24.1 Å². The topological polar surface area (TPSA) is 31.6 Å². The van der Waals surface area contributed by atoms with Gasteiger partial charge in [0.15, 0.2) is 0 Å². The van der Waals surface area contributed by atoms with Crippen LogP contribution >= 0.6 is 0 Å². The lowest BCUT2D eigenvalue weighted by Gasteiger charge is -2.30. The second kappa shape index (κ2) is 4.68. The fraction of sp³-hybridized carbons (Fsp3) is 0.500. The lowest BCUT2D eigenvalue weighted by molar-refractivity contribution is 0.370. The number of aromatic nitrogens is 2. The van der Waals surface area contributed by atoms with Crippen molar-refractivity contribution in [3.63, 3.8) is 0 Å². The van der Waals surface area contributed by atoms with Gasteiger partial charge >= 0.3 is 0 Å². The number of nitrogens with one attached hydrogen (secondary N) is 2. The number of aromatic amines is 2. The third-order valence-electron chi connectivity index (χ3n) is 4.08. The minimum atomic E-state index is 0.205. The van der Waals surface area contributed by atoms with Crippen LogP contribution in [-0.2, 0) is 10.8 Å². The van der Waals surface area contributed by atoms with Gasteiger partial charge in [0.05, 0.1) is 0 Å². The molecule has 0 saturated heterocycles. The maximum Gasteiger partial charge on any atom is 0.0204 e. The van der Waals surface area contributed by atoms with E-state index in [4.69, 9.17) is 0 Å². The highest BCUT2D eigenvalue weighted by Gasteiger charge is 2.27. The summed E-state index contributed by atoms with van der Waals surface area (Å²) < 4.78 is 0. The Balaban J connectivity index is 2.03. The minimum Gasteiger partial charge on any atom is -0.367 e. The molecule has 2 aromatic heterocycles. The highest BCUT2D eigenvalue weighted by Crippen LogP contribution is 2.35. The molecule has 0 aliphatic carbocycles. The quantitative estimate of drug-likeness (QED) is 0.782. The van der Waals surface area contributed by atoms with Crippen molar-refractivity contribution in [2.24, 2.45) is 0 Å². The number of hydrogen-bond donors (Lipinski definition) is 2. The highest BCUT2D eigenvalue weighted by atomic mass is 14.7. The molecule has 98 valence electrons. The Labute approximate surface area is 110 Å². The van der Waals surface area contributed by atoms with Crippen molar-refractivity contribution >= 4 is 0 Å². The first-order valence-electron chi connectivity index (χ1n) is 6.69. The number of rotatable bonds is 5. The van der Waals surface area contributed by atoms with Crippen LogP contribution in [-0.4, -0.2) is 9.97 Å². The molecule has 2 rings (SSSR count). The van der Waals surface area contributed by atoms with Gasteiger partial charge in [-0.2, -0.15) is 0 Å². The van der Waals surface area contributed by atoms with E-state index in [0.29, 0.717) is 0 Å². The molecular weight excluding hydrogens is 220 g/mol. The standard InChI is InChI=1S/C16H24N2/c1-15(2,13-7-11-17-12-13)8-9-16(3,4)14-6-5-10-18-14/h5-7,10-12,17-18H,8-9H2,1-4H3. The minimum absolute atomic E-state index is 0.205. The molecule has 0 bridgehead atoms. The van der Waals surface area contributed by atoms with Crippen LogP contribution in [0.4, 0.5) is 0 Å². The SMILES string of the molecule is CC(C)(CCC(C)(C)c1ccc[nH]1)c1cc[nH]c1. The molecule has 0 aliphatic heterocycles. The molecule has 0 aliphatic rings. The highest BCUT2D eigenvalue weighted by molar-refractivity contribution is 5.21. The van der Waals surface area contributed by atoms with Crippen molar-refractivity contribution in [3.05, 3.63) is 48.0 Å². The van der Waals surface area contributed by atoms with Gasteiger partial charge in [0.1, 0.15) is 0 Å². The van der Waals surface area contributed by atoms with Gasteiger partial charge in [0, 0.05) is 29.7 Å². The Morgan fingerprint density at radius 1 is 0.944 bits per heavy atom. The van der Waals surface area contributed by atoms with E-state index in [9.17, 15) is 0 Å². The molecule has 0 amide bonds. The van der Waals surface area contributed by atoms with E-state index >= 15 is 0 Å². The van der Waals surface area contributed by atoms with Crippen molar-refractivity contribution in [2.45, 2.75) is 51.4 Å². The molecule has 0 saturated carbocycles. The predicted octanol–water partition coefficient (Wildman–Crippen LogP) is 4.38. The van der Waals surface area contributed by atoms with Crippen LogP contribution in [0.15, 0.2) is 36.8 Å².